The molecule has 0 amide bonds. The summed E-state index contributed by atoms with van der Waals surface area (Å²) < 4.78 is 14.0. The van der Waals surface area contributed by atoms with Crippen LogP contribution < -0.4 is 10.6 Å². The minimum Gasteiger partial charge on any atom is -0.384 e. The number of halogens is 1. The maximum absolute atomic E-state index is 14.0. The van der Waals surface area contributed by atoms with Gasteiger partial charge in [0, 0.05) is 36.3 Å². The molecule has 0 atom stereocenters. The van der Waals surface area contributed by atoms with Gasteiger partial charge in [-0.3, -0.25) is 4.98 Å². The van der Waals surface area contributed by atoms with E-state index in [9.17, 15) is 4.39 Å². The van der Waals surface area contributed by atoms with Gasteiger partial charge in [0.1, 0.15) is 11.6 Å². The highest BCUT2D eigenvalue weighted by molar-refractivity contribution is 5.93. The molecule has 116 valence electrons. The summed E-state index contributed by atoms with van der Waals surface area (Å²) in [4.78, 5) is 15.4. The molecular formula is C17H16FN5. The van der Waals surface area contributed by atoms with Crippen molar-refractivity contribution in [2.24, 2.45) is 0 Å². The van der Waals surface area contributed by atoms with Gasteiger partial charge in [-0.1, -0.05) is 6.07 Å². The molecule has 4 rings (SSSR count). The van der Waals surface area contributed by atoms with E-state index in [1.54, 1.807) is 18.3 Å². The van der Waals surface area contributed by atoms with Crippen molar-refractivity contribution in [2.75, 3.05) is 23.7 Å². The van der Waals surface area contributed by atoms with Gasteiger partial charge in [-0.05, 0) is 31.0 Å². The average Bonchev–Trinajstić information content (AvgIpc) is 3.08. The number of anilines is 2. The minimum atomic E-state index is -0.319. The van der Waals surface area contributed by atoms with Gasteiger partial charge >= 0.3 is 0 Å². The molecule has 0 unspecified atom stereocenters. The second kappa shape index (κ2) is 5.46. The largest absolute Gasteiger partial charge is 0.384 e. The van der Waals surface area contributed by atoms with Crippen molar-refractivity contribution in [2.45, 2.75) is 12.8 Å². The molecule has 1 aromatic carbocycles. The van der Waals surface area contributed by atoms with Gasteiger partial charge < -0.3 is 10.6 Å². The van der Waals surface area contributed by atoms with E-state index < -0.39 is 0 Å². The Hall–Kier alpha value is -2.76. The predicted octanol–water partition coefficient (Wildman–Crippen LogP) is 3.01. The first-order valence-electron chi connectivity index (χ1n) is 7.65. The van der Waals surface area contributed by atoms with Gasteiger partial charge in [-0.2, -0.15) is 4.98 Å². The minimum absolute atomic E-state index is 0.319. The van der Waals surface area contributed by atoms with E-state index in [1.165, 1.54) is 12.1 Å². The summed E-state index contributed by atoms with van der Waals surface area (Å²) in [5.74, 6) is 0.663. The van der Waals surface area contributed by atoms with Crippen molar-refractivity contribution < 1.29 is 4.39 Å². The number of nitrogen functional groups attached to an aromatic ring is 1. The lowest BCUT2D eigenvalue weighted by Crippen LogP contribution is -2.21. The smallest absolute Gasteiger partial charge is 0.227 e. The van der Waals surface area contributed by atoms with Gasteiger partial charge in [0.2, 0.25) is 5.95 Å². The zero-order chi connectivity index (χ0) is 15.8. The molecule has 2 N–H and O–H groups in total. The van der Waals surface area contributed by atoms with E-state index in [2.05, 4.69) is 19.9 Å². The molecule has 3 aromatic rings. The van der Waals surface area contributed by atoms with Gasteiger partial charge in [0.25, 0.3) is 0 Å². The number of rotatable bonds is 2. The van der Waals surface area contributed by atoms with Crippen molar-refractivity contribution in [3.05, 3.63) is 42.3 Å². The quantitative estimate of drug-likeness (QED) is 0.788. The maximum Gasteiger partial charge on any atom is 0.227 e. The van der Waals surface area contributed by atoms with Gasteiger partial charge in [-0.25, -0.2) is 9.37 Å². The van der Waals surface area contributed by atoms with Crippen LogP contribution in [0.25, 0.3) is 22.2 Å². The SMILES string of the molecule is Nc1cc(-c2cc(F)cc3cccnc23)nc(N2CCCC2)n1. The summed E-state index contributed by atoms with van der Waals surface area (Å²) in [5, 5.41) is 0.738. The van der Waals surface area contributed by atoms with Crippen LogP contribution in [0.2, 0.25) is 0 Å². The fourth-order valence-corrected chi connectivity index (χ4v) is 3.00. The van der Waals surface area contributed by atoms with Crippen molar-refractivity contribution in [3.63, 3.8) is 0 Å². The number of aromatic nitrogens is 3. The van der Waals surface area contributed by atoms with Gasteiger partial charge in [0.15, 0.2) is 0 Å². The normalized spacial score (nSPS) is 14.6. The molecule has 0 aliphatic carbocycles. The summed E-state index contributed by atoms with van der Waals surface area (Å²) in [6.45, 7) is 1.84. The molecule has 1 fully saturated rings. The zero-order valence-corrected chi connectivity index (χ0v) is 12.5. The van der Waals surface area contributed by atoms with Crippen molar-refractivity contribution in [1.82, 2.24) is 15.0 Å². The second-order valence-corrected chi connectivity index (χ2v) is 5.70. The molecule has 0 radical (unpaired) electrons. The number of nitrogens with zero attached hydrogens (tertiary/aromatic N) is 4. The number of nitrogens with two attached hydrogens (primary N) is 1. The fourth-order valence-electron chi connectivity index (χ4n) is 3.00. The standard InChI is InChI=1S/C17H16FN5/c18-12-8-11-4-3-5-20-16(11)13(9-12)14-10-15(19)22-17(21-14)23-6-1-2-7-23/h3-5,8-10H,1-2,6-7H2,(H2,19,21,22). The van der Waals surface area contributed by atoms with E-state index in [0.717, 1.165) is 31.3 Å². The average molecular weight is 309 g/mol. The third kappa shape index (κ3) is 2.56. The van der Waals surface area contributed by atoms with Crippen LogP contribution in [-0.2, 0) is 0 Å². The number of hydrogen-bond acceptors (Lipinski definition) is 5. The van der Waals surface area contributed by atoms with E-state index in [0.29, 0.717) is 28.5 Å². The molecule has 6 heteroatoms. The Balaban J connectivity index is 1.90. The van der Waals surface area contributed by atoms with Gasteiger partial charge in [-0.15, -0.1) is 0 Å². The highest BCUT2D eigenvalue weighted by Gasteiger charge is 2.18. The number of pyridine rings is 1. The van der Waals surface area contributed by atoms with E-state index in [4.69, 9.17) is 5.73 Å². The summed E-state index contributed by atoms with van der Waals surface area (Å²) >= 11 is 0. The highest BCUT2D eigenvalue weighted by atomic mass is 19.1. The maximum atomic E-state index is 14.0. The van der Waals surface area contributed by atoms with Crippen LogP contribution in [0.4, 0.5) is 16.2 Å². The summed E-state index contributed by atoms with van der Waals surface area (Å²) in [5.41, 5.74) is 7.90. The monoisotopic (exact) mass is 309 g/mol. The Bertz CT molecular complexity index is 874. The molecule has 1 aliphatic heterocycles. The highest BCUT2D eigenvalue weighted by Crippen LogP contribution is 2.29. The number of benzene rings is 1. The van der Waals surface area contributed by atoms with Crippen molar-refractivity contribution in [3.8, 4) is 11.3 Å². The number of fused-ring (bicyclic) bond motifs is 1. The lowest BCUT2D eigenvalue weighted by Gasteiger charge is -2.16. The Morgan fingerprint density at radius 2 is 1.91 bits per heavy atom. The summed E-state index contributed by atoms with van der Waals surface area (Å²) in [6.07, 6.45) is 3.94. The van der Waals surface area contributed by atoms with Crippen LogP contribution >= 0.6 is 0 Å². The van der Waals surface area contributed by atoms with Crippen LogP contribution in [0, 0.1) is 5.82 Å². The second-order valence-electron chi connectivity index (χ2n) is 5.70. The molecule has 3 heterocycles. The fraction of sp³-hybridized carbons (Fsp3) is 0.235. The predicted molar refractivity (Wildman–Crippen MR) is 88.6 cm³/mol. The molecule has 5 nitrogen and oxygen atoms in total. The van der Waals surface area contributed by atoms with Gasteiger partial charge in [0.05, 0.1) is 11.2 Å². The van der Waals surface area contributed by atoms with Crippen molar-refractivity contribution >= 4 is 22.7 Å². The van der Waals surface area contributed by atoms with E-state index in [-0.39, 0.29) is 5.82 Å². The van der Waals surface area contributed by atoms with Crippen LogP contribution in [-0.4, -0.2) is 28.0 Å². The third-order valence-corrected chi connectivity index (χ3v) is 4.07. The first-order valence-corrected chi connectivity index (χ1v) is 7.65. The molecule has 1 aliphatic rings. The summed E-state index contributed by atoms with van der Waals surface area (Å²) in [7, 11) is 0. The Labute approximate surface area is 133 Å². The van der Waals surface area contributed by atoms with Crippen molar-refractivity contribution in [1.29, 1.82) is 0 Å². The molecule has 2 aromatic heterocycles. The van der Waals surface area contributed by atoms with E-state index in [1.807, 2.05) is 6.07 Å². The van der Waals surface area contributed by atoms with E-state index >= 15 is 0 Å². The first kappa shape index (κ1) is 13.9. The third-order valence-electron chi connectivity index (χ3n) is 4.07. The van der Waals surface area contributed by atoms with Crippen LogP contribution in [0.5, 0.6) is 0 Å². The van der Waals surface area contributed by atoms with Crippen LogP contribution in [0.1, 0.15) is 12.8 Å². The molecular weight excluding hydrogens is 293 g/mol. The van der Waals surface area contributed by atoms with Crippen LogP contribution in [0.15, 0.2) is 36.5 Å². The Kier molecular flexibility index (Phi) is 3.29. The topological polar surface area (TPSA) is 67.9 Å². The lowest BCUT2D eigenvalue weighted by molar-refractivity contribution is 0.630. The molecule has 0 spiro atoms. The molecule has 23 heavy (non-hydrogen) atoms. The Morgan fingerprint density at radius 1 is 1.09 bits per heavy atom. The number of hydrogen-bond donors (Lipinski definition) is 1. The summed E-state index contributed by atoms with van der Waals surface area (Å²) in [6, 6.07) is 8.21. The first-order chi connectivity index (χ1) is 11.2. The van der Waals surface area contributed by atoms with Crippen LogP contribution in [0.3, 0.4) is 0 Å². The Morgan fingerprint density at radius 3 is 2.74 bits per heavy atom. The molecule has 0 saturated carbocycles. The zero-order valence-electron chi connectivity index (χ0n) is 12.5. The molecule has 0 bridgehead atoms. The molecule has 1 saturated heterocycles. The lowest BCUT2D eigenvalue weighted by atomic mass is 10.1.